The molecule has 1 rings (SSSR count). The quantitative estimate of drug-likeness (QED) is 0.746. The lowest BCUT2D eigenvalue weighted by Crippen LogP contribution is -2.15. The molecule has 0 radical (unpaired) electrons. The molecule has 0 spiro atoms. The molecule has 5 nitrogen and oxygen atoms in total. The number of anilines is 2. The molecule has 1 aromatic rings. The molecule has 0 aliphatic rings. The maximum absolute atomic E-state index is 11.8. The molecule has 6 heteroatoms. The highest BCUT2D eigenvalue weighted by molar-refractivity contribution is 7.11. The molecule has 18 heavy (non-hydrogen) atoms. The van der Waals surface area contributed by atoms with Gasteiger partial charge < -0.3 is 15.8 Å². The van der Waals surface area contributed by atoms with Crippen LogP contribution < -0.4 is 11.1 Å². The van der Waals surface area contributed by atoms with Crippen LogP contribution in [0.3, 0.4) is 0 Å². The average molecular weight is 271 g/mol. The lowest BCUT2D eigenvalue weighted by atomic mass is 10.0. The van der Waals surface area contributed by atoms with E-state index in [9.17, 15) is 4.79 Å². The molecule has 1 heterocycles. The van der Waals surface area contributed by atoms with Gasteiger partial charge in [0.1, 0.15) is 10.6 Å². The minimum absolute atomic E-state index is 0.241. The monoisotopic (exact) mass is 271 g/mol. The molecule has 0 aliphatic heterocycles. The van der Waals surface area contributed by atoms with Crippen LogP contribution in [0.15, 0.2) is 0 Å². The third-order valence-electron chi connectivity index (χ3n) is 2.90. The van der Waals surface area contributed by atoms with Crippen molar-refractivity contribution < 1.29 is 9.53 Å². The van der Waals surface area contributed by atoms with Crippen LogP contribution in [0.25, 0.3) is 0 Å². The molecule has 0 saturated carbocycles. The number of nitrogens with two attached hydrogens (primary N) is 1. The Bertz CT molecular complexity index is 389. The molecule has 0 atom stereocenters. The Morgan fingerprint density at radius 2 is 2.11 bits per heavy atom. The van der Waals surface area contributed by atoms with E-state index in [1.165, 1.54) is 11.5 Å². The lowest BCUT2D eigenvalue weighted by Gasteiger charge is -2.13. The zero-order valence-electron chi connectivity index (χ0n) is 11.2. The van der Waals surface area contributed by atoms with Gasteiger partial charge in [-0.1, -0.05) is 26.7 Å². The van der Waals surface area contributed by atoms with Crippen LogP contribution in [-0.4, -0.2) is 23.5 Å². The van der Waals surface area contributed by atoms with Gasteiger partial charge in [-0.2, -0.15) is 4.37 Å². The SMILES string of the molecule is CCOC(=O)c1c(N)nsc1NCC(CC)CC. The summed E-state index contributed by atoms with van der Waals surface area (Å²) < 4.78 is 8.98. The topological polar surface area (TPSA) is 77.2 Å². The van der Waals surface area contributed by atoms with E-state index < -0.39 is 5.97 Å². The number of nitrogens with one attached hydrogen (secondary N) is 1. The molecular formula is C12H21N3O2S. The fourth-order valence-electron chi connectivity index (χ4n) is 1.64. The zero-order chi connectivity index (χ0) is 13.5. The number of nitrogen functional groups attached to an aromatic ring is 1. The molecule has 0 aliphatic carbocycles. The van der Waals surface area contributed by atoms with Crippen molar-refractivity contribution in [3.8, 4) is 0 Å². The highest BCUT2D eigenvalue weighted by atomic mass is 32.1. The summed E-state index contributed by atoms with van der Waals surface area (Å²) in [6, 6.07) is 0. The Labute approximate surface area is 112 Å². The summed E-state index contributed by atoms with van der Waals surface area (Å²) in [5, 5.41) is 3.96. The summed E-state index contributed by atoms with van der Waals surface area (Å²) in [7, 11) is 0. The zero-order valence-corrected chi connectivity index (χ0v) is 12.0. The van der Waals surface area contributed by atoms with Gasteiger partial charge in [-0.3, -0.25) is 0 Å². The molecule has 0 fully saturated rings. The summed E-state index contributed by atoms with van der Waals surface area (Å²) in [5.74, 6) is 0.421. The van der Waals surface area contributed by atoms with Crippen molar-refractivity contribution in [1.29, 1.82) is 0 Å². The van der Waals surface area contributed by atoms with Gasteiger partial charge in [-0.15, -0.1) is 0 Å². The number of hydrogen-bond donors (Lipinski definition) is 2. The van der Waals surface area contributed by atoms with Crippen LogP contribution in [0.4, 0.5) is 10.8 Å². The smallest absolute Gasteiger partial charge is 0.344 e. The van der Waals surface area contributed by atoms with Crippen molar-refractivity contribution in [2.75, 3.05) is 24.2 Å². The van der Waals surface area contributed by atoms with Crippen LogP contribution in [0.1, 0.15) is 44.0 Å². The van der Waals surface area contributed by atoms with Gasteiger partial charge in [0.05, 0.1) is 6.61 Å². The van der Waals surface area contributed by atoms with Gasteiger partial charge in [-0.05, 0) is 24.4 Å². The van der Waals surface area contributed by atoms with E-state index in [0.717, 1.165) is 19.4 Å². The first-order valence-corrected chi connectivity index (χ1v) is 7.07. The molecule has 0 unspecified atom stereocenters. The Morgan fingerprint density at radius 3 is 2.67 bits per heavy atom. The lowest BCUT2D eigenvalue weighted by molar-refractivity contribution is 0.0529. The average Bonchev–Trinajstić information content (AvgIpc) is 2.72. The van der Waals surface area contributed by atoms with Crippen LogP contribution in [-0.2, 0) is 4.74 Å². The van der Waals surface area contributed by atoms with E-state index >= 15 is 0 Å². The second-order valence-corrected chi connectivity index (χ2v) is 4.83. The summed E-state index contributed by atoms with van der Waals surface area (Å²) in [4.78, 5) is 11.8. The fraction of sp³-hybridized carbons (Fsp3) is 0.667. The van der Waals surface area contributed by atoms with Crippen LogP contribution in [0, 0.1) is 5.92 Å². The second kappa shape index (κ2) is 7.20. The number of esters is 1. The van der Waals surface area contributed by atoms with Gasteiger partial charge in [0.25, 0.3) is 0 Å². The minimum atomic E-state index is -0.407. The van der Waals surface area contributed by atoms with Crippen molar-refractivity contribution >= 4 is 28.3 Å². The molecule has 0 aromatic carbocycles. The number of nitrogens with zero attached hydrogens (tertiary/aromatic N) is 1. The number of aromatic nitrogens is 1. The first-order valence-electron chi connectivity index (χ1n) is 6.30. The Kier molecular flexibility index (Phi) is 5.91. The summed E-state index contributed by atoms with van der Waals surface area (Å²) in [6.45, 7) is 7.23. The summed E-state index contributed by atoms with van der Waals surface area (Å²) in [5.41, 5.74) is 6.07. The second-order valence-electron chi connectivity index (χ2n) is 4.06. The fourth-order valence-corrected chi connectivity index (χ4v) is 2.35. The molecular weight excluding hydrogens is 250 g/mol. The van der Waals surface area contributed by atoms with Crippen molar-refractivity contribution in [2.24, 2.45) is 5.92 Å². The standard InChI is InChI=1S/C12H21N3O2S/c1-4-8(5-2)7-14-11-9(10(13)15-18-11)12(16)17-6-3/h8,14H,4-7H2,1-3H3,(H2,13,15). The molecule has 0 amide bonds. The van der Waals surface area contributed by atoms with Gasteiger partial charge in [-0.25, -0.2) is 4.79 Å². The molecule has 0 bridgehead atoms. The van der Waals surface area contributed by atoms with E-state index in [-0.39, 0.29) is 5.82 Å². The van der Waals surface area contributed by atoms with Crippen LogP contribution >= 0.6 is 11.5 Å². The van der Waals surface area contributed by atoms with Crippen LogP contribution in [0.5, 0.6) is 0 Å². The molecule has 1 aromatic heterocycles. The van der Waals surface area contributed by atoms with Crippen molar-refractivity contribution in [3.63, 3.8) is 0 Å². The minimum Gasteiger partial charge on any atom is -0.462 e. The Hall–Kier alpha value is -1.30. The van der Waals surface area contributed by atoms with E-state index in [1.54, 1.807) is 6.92 Å². The Morgan fingerprint density at radius 1 is 1.44 bits per heavy atom. The molecule has 3 N–H and O–H groups in total. The first kappa shape index (κ1) is 14.8. The summed E-state index contributed by atoms with van der Waals surface area (Å²) in [6.07, 6.45) is 2.21. The van der Waals surface area contributed by atoms with E-state index in [4.69, 9.17) is 10.5 Å². The molecule has 0 saturated heterocycles. The van der Waals surface area contributed by atoms with Crippen LogP contribution in [0.2, 0.25) is 0 Å². The van der Waals surface area contributed by atoms with Gasteiger partial charge in [0.15, 0.2) is 5.82 Å². The van der Waals surface area contributed by atoms with Gasteiger partial charge >= 0.3 is 5.97 Å². The third-order valence-corrected chi connectivity index (χ3v) is 3.72. The normalized spacial score (nSPS) is 10.7. The third kappa shape index (κ3) is 3.60. The maximum Gasteiger partial charge on any atom is 0.344 e. The van der Waals surface area contributed by atoms with Crippen molar-refractivity contribution in [2.45, 2.75) is 33.6 Å². The number of rotatable bonds is 7. The van der Waals surface area contributed by atoms with E-state index in [0.29, 0.717) is 23.1 Å². The Balaban J connectivity index is 2.74. The number of ether oxygens (including phenoxy) is 1. The predicted molar refractivity (Wildman–Crippen MR) is 75.0 cm³/mol. The number of carbonyl (C=O) groups excluding carboxylic acids is 1. The number of hydrogen-bond acceptors (Lipinski definition) is 6. The van der Waals surface area contributed by atoms with E-state index in [2.05, 4.69) is 23.5 Å². The van der Waals surface area contributed by atoms with Crippen molar-refractivity contribution in [3.05, 3.63) is 5.56 Å². The van der Waals surface area contributed by atoms with E-state index in [1.807, 2.05) is 0 Å². The highest BCUT2D eigenvalue weighted by Gasteiger charge is 2.20. The number of carbonyl (C=O) groups is 1. The van der Waals surface area contributed by atoms with Gasteiger partial charge in [0, 0.05) is 6.54 Å². The first-order chi connectivity index (χ1) is 8.63. The summed E-state index contributed by atoms with van der Waals surface area (Å²) >= 11 is 1.21. The van der Waals surface area contributed by atoms with Gasteiger partial charge in [0.2, 0.25) is 0 Å². The van der Waals surface area contributed by atoms with Crippen molar-refractivity contribution in [1.82, 2.24) is 4.37 Å². The highest BCUT2D eigenvalue weighted by Crippen LogP contribution is 2.28. The molecule has 102 valence electrons. The maximum atomic E-state index is 11.8. The predicted octanol–water partition coefficient (Wildman–Crippen LogP) is 2.75. The largest absolute Gasteiger partial charge is 0.462 e.